The minimum absolute atomic E-state index is 0.402. The molecule has 0 amide bonds. The summed E-state index contributed by atoms with van der Waals surface area (Å²) in [5.41, 5.74) is 8.42. The second kappa shape index (κ2) is 17.7. The number of nitrogens with zero attached hydrogens (tertiary/aromatic N) is 2. The predicted octanol–water partition coefficient (Wildman–Crippen LogP) is 5.11. The Morgan fingerprint density at radius 3 is 2.21 bits per heavy atom. The molecule has 0 spiro atoms. The lowest BCUT2D eigenvalue weighted by atomic mass is 10.1. The van der Waals surface area contributed by atoms with E-state index in [0.29, 0.717) is 6.04 Å². The quantitative estimate of drug-likeness (QED) is 0.414. The Morgan fingerprint density at radius 2 is 1.61 bits per heavy atom. The van der Waals surface area contributed by atoms with Gasteiger partial charge in [0.25, 0.3) is 0 Å². The first-order valence-electron chi connectivity index (χ1n) is 13.2. The van der Waals surface area contributed by atoms with Crippen molar-refractivity contribution in [1.82, 2.24) is 15.1 Å². The smallest absolute Gasteiger partial charge is 0.0449 e. The third kappa shape index (κ3) is 11.8. The molecule has 3 rings (SSSR count). The normalized spacial score (nSPS) is 15.2. The molecule has 1 heterocycles. The highest BCUT2D eigenvalue weighted by Crippen LogP contribution is 2.14. The molecule has 1 atom stereocenters. The molecule has 33 heavy (non-hydrogen) atoms. The Kier molecular flexibility index (Phi) is 14.8. The third-order valence-electron chi connectivity index (χ3n) is 6.41. The summed E-state index contributed by atoms with van der Waals surface area (Å²) in [7, 11) is 0. The number of hydrogen-bond donors (Lipinski definition) is 2. The Labute approximate surface area is 203 Å². The van der Waals surface area contributed by atoms with Crippen molar-refractivity contribution < 1.29 is 0 Å². The third-order valence-corrected chi connectivity index (χ3v) is 6.41. The van der Waals surface area contributed by atoms with E-state index in [4.69, 9.17) is 5.73 Å². The van der Waals surface area contributed by atoms with Gasteiger partial charge in [0, 0.05) is 19.1 Å². The Balaban J connectivity index is 0.000000243. The summed E-state index contributed by atoms with van der Waals surface area (Å²) in [6, 6.07) is 21.9. The number of piperidine rings is 1. The molecule has 0 bridgehead atoms. The van der Waals surface area contributed by atoms with E-state index in [1.54, 1.807) is 0 Å². The molecule has 1 aliphatic heterocycles. The van der Waals surface area contributed by atoms with Gasteiger partial charge < -0.3 is 20.9 Å². The molecule has 0 saturated carbocycles. The van der Waals surface area contributed by atoms with E-state index in [0.717, 1.165) is 32.6 Å². The van der Waals surface area contributed by atoms with Gasteiger partial charge in [-0.15, -0.1) is 0 Å². The zero-order valence-corrected chi connectivity index (χ0v) is 21.2. The van der Waals surface area contributed by atoms with Crippen molar-refractivity contribution >= 4 is 0 Å². The van der Waals surface area contributed by atoms with Crippen LogP contribution in [0.15, 0.2) is 60.7 Å². The molecule has 4 nitrogen and oxygen atoms in total. The van der Waals surface area contributed by atoms with Crippen LogP contribution in [-0.4, -0.2) is 62.2 Å². The Bertz CT molecular complexity index is 685. The fourth-order valence-electron chi connectivity index (χ4n) is 4.42. The van der Waals surface area contributed by atoms with Crippen LogP contribution in [0.3, 0.4) is 0 Å². The van der Waals surface area contributed by atoms with Crippen molar-refractivity contribution in [3.05, 3.63) is 71.8 Å². The van der Waals surface area contributed by atoms with Gasteiger partial charge in [-0.05, 0) is 82.5 Å². The van der Waals surface area contributed by atoms with Crippen molar-refractivity contribution in [2.75, 3.05) is 52.4 Å². The van der Waals surface area contributed by atoms with Gasteiger partial charge in [0.2, 0.25) is 0 Å². The number of nitrogens with two attached hydrogens (primary N) is 1. The van der Waals surface area contributed by atoms with Crippen LogP contribution in [0.25, 0.3) is 0 Å². The number of likely N-dealkylation sites (tertiary alicyclic amines) is 1. The number of benzene rings is 2. The van der Waals surface area contributed by atoms with Crippen molar-refractivity contribution in [1.29, 1.82) is 0 Å². The van der Waals surface area contributed by atoms with Crippen LogP contribution in [0.5, 0.6) is 0 Å². The highest BCUT2D eigenvalue weighted by atomic mass is 15.1. The zero-order chi connectivity index (χ0) is 23.6. The molecule has 3 N–H and O–H groups in total. The first kappa shape index (κ1) is 27.5. The van der Waals surface area contributed by atoms with E-state index in [9.17, 15) is 0 Å². The molecule has 1 unspecified atom stereocenters. The molecular formula is C29H48N4. The summed E-state index contributed by atoms with van der Waals surface area (Å²) in [6.45, 7) is 13.4. The summed E-state index contributed by atoms with van der Waals surface area (Å²) < 4.78 is 0. The average Bonchev–Trinajstić information content (AvgIpc) is 2.88. The van der Waals surface area contributed by atoms with Crippen LogP contribution >= 0.6 is 0 Å². The highest BCUT2D eigenvalue weighted by Gasteiger charge is 2.14. The van der Waals surface area contributed by atoms with Crippen molar-refractivity contribution in [2.24, 2.45) is 5.73 Å². The van der Waals surface area contributed by atoms with Gasteiger partial charge in [0.15, 0.2) is 0 Å². The first-order chi connectivity index (χ1) is 16.3. The van der Waals surface area contributed by atoms with Crippen molar-refractivity contribution in [2.45, 2.75) is 58.4 Å². The maximum absolute atomic E-state index is 5.58. The Hall–Kier alpha value is -1.72. The SMILES string of the molecule is CCCN(CC)CC(NCCCN)c1ccccc1.c1ccc(CCN2CCCCC2)cc1. The van der Waals surface area contributed by atoms with Gasteiger partial charge in [0.05, 0.1) is 0 Å². The highest BCUT2D eigenvalue weighted by molar-refractivity contribution is 5.19. The fraction of sp³-hybridized carbons (Fsp3) is 0.586. The standard InChI is InChI=1S/C16H29N3.C13H19N/c1-3-13-19(4-2)14-16(18-12-8-11-17)15-9-6-5-7-10-15;1-3-7-13(8-4-1)9-12-14-10-5-2-6-11-14/h5-7,9-10,16,18H,3-4,8,11-14,17H2,1-2H3;1,3-4,7-8H,2,5-6,9-12H2. The van der Waals surface area contributed by atoms with Gasteiger partial charge in [-0.1, -0.05) is 80.9 Å². The molecule has 184 valence electrons. The van der Waals surface area contributed by atoms with Gasteiger partial charge >= 0.3 is 0 Å². The molecular weight excluding hydrogens is 404 g/mol. The lowest BCUT2D eigenvalue weighted by Gasteiger charge is -2.27. The number of hydrogen-bond acceptors (Lipinski definition) is 4. The van der Waals surface area contributed by atoms with Crippen molar-refractivity contribution in [3.63, 3.8) is 0 Å². The second-order valence-electron chi connectivity index (χ2n) is 9.09. The molecule has 0 aromatic heterocycles. The maximum atomic E-state index is 5.58. The maximum Gasteiger partial charge on any atom is 0.0449 e. The lowest BCUT2D eigenvalue weighted by molar-refractivity contribution is 0.231. The summed E-state index contributed by atoms with van der Waals surface area (Å²) in [4.78, 5) is 5.10. The lowest BCUT2D eigenvalue weighted by Crippen LogP contribution is -2.36. The largest absolute Gasteiger partial charge is 0.330 e. The fourth-order valence-corrected chi connectivity index (χ4v) is 4.42. The average molecular weight is 453 g/mol. The summed E-state index contributed by atoms with van der Waals surface area (Å²) in [6.07, 6.45) is 7.67. The molecule has 1 saturated heterocycles. The number of rotatable bonds is 13. The van der Waals surface area contributed by atoms with Crippen molar-refractivity contribution in [3.8, 4) is 0 Å². The zero-order valence-electron chi connectivity index (χ0n) is 21.2. The second-order valence-corrected chi connectivity index (χ2v) is 9.09. The topological polar surface area (TPSA) is 44.5 Å². The van der Waals surface area contributed by atoms with Gasteiger partial charge in [0.1, 0.15) is 0 Å². The Morgan fingerprint density at radius 1 is 0.939 bits per heavy atom. The molecule has 4 heteroatoms. The van der Waals surface area contributed by atoms with Gasteiger partial charge in [-0.25, -0.2) is 0 Å². The van der Waals surface area contributed by atoms with Crippen LogP contribution in [0, 0.1) is 0 Å². The van der Waals surface area contributed by atoms with E-state index in [1.165, 1.54) is 69.4 Å². The van der Waals surface area contributed by atoms with E-state index < -0.39 is 0 Å². The van der Waals surface area contributed by atoms with Crippen LogP contribution in [-0.2, 0) is 6.42 Å². The van der Waals surface area contributed by atoms with Gasteiger partial charge in [-0.2, -0.15) is 0 Å². The van der Waals surface area contributed by atoms with E-state index in [2.05, 4.69) is 89.6 Å². The van der Waals surface area contributed by atoms with Crippen LogP contribution < -0.4 is 11.1 Å². The van der Waals surface area contributed by atoms with Gasteiger partial charge in [-0.3, -0.25) is 0 Å². The number of nitrogens with one attached hydrogen (secondary N) is 1. The van der Waals surface area contributed by atoms with E-state index in [1.807, 2.05) is 0 Å². The molecule has 2 aromatic rings. The monoisotopic (exact) mass is 452 g/mol. The van der Waals surface area contributed by atoms with Crippen LogP contribution in [0.1, 0.15) is 63.1 Å². The minimum Gasteiger partial charge on any atom is -0.330 e. The summed E-state index contributed by atoms with van der Waals surface area (Å²) >= 11 is 0. The van der Waals surface area contributed by atoms with Crippen LogP contribution in [0.2, 0.25) is 0 Å². The molecule has 2 aromatic carbocycles. The van der Waals surface area contributed by atoms with E-state index in [-0.39, 0.29) is 0 Å². The van der Waals surface area contributed by atoms with E-state index >= 15 is 0 Å². The number of likely N-dealkylation sites (N-methyl/N-ethyl adjacent to an activating group) is 1. The molecule has 0 radical (unpaired) electrons. The molecule has 1 fully saturated rings. The molecule has 1 aliphatic rings. The van der Waals surface area contributed by atoms with Crippen LogP contribution in [0.4, 0.5) is 0 Å². The summed E-state index contributed by atoms with van der Waals surface area (Å²) in [5.74, 6) is 0. The first-order valence-corrected chi connectivity index (χ1v) is 13.2. The minimum atomic E-state index is 0.402. The predicted molar refractivity (Wildman–Crippen MR) is 144 cm³/mol. The summed E-state index contributed by atoms with van der Waals surface area (Å²) in [5, 5.41) is 3.64. The molecule has 0 aliphatic carbocycles.